The second-order valence-corrected chi connectivity index (χ2v) is 5.88. The van der Waals surface area contributed by atoms with Gasteiger partial charge in [0.2, 0.25) is 0 Å². The molecule has 24 heavy (non-hydrogen) atoms. The molecule has 1 amide bonds. The summed E-state index contributed by atoms with van der Waals surface area (Å²) < 4.78 is 5.33. The second-order valence-electron chi connectivity index (χ2n) is 5.88. The summed E-state index contributed by atoms with van der Waals surface area (Å²) >= 11 is 0. The van der Waals surface area contributed by atoms with Crippen LogP contribution in [0.2, 0.25) is 0 Å². The van der Waals surface area contributed by atoms with Crippen LogP contribution in [0.4, 0.5) is 5.82 Å². The molecule has 0 spiro atoms. The summed E-state index contributed by atoms with van der Waals surface area (Å²) in [7, 11) is 1.67. The molecular formula is C18H24N4O2. The fourth-order valence-electron chi connectivity index (χ4n) is 2.16. The van der Waals surface area contributed by atoms with Crippen molar-refractivity contribution in [3.63, 3.8) is 0 Å². The van der Waals surface area contributed by atoms with Gasteiger partial charge in [-0.05, 0) is 24.0 Å². The van der Waals surface area contributed by atoms with E-state index in [9.17, 15) is 4.79 Å². The first kappa shape index (κ1) is 17.7. The molecular weight excluding hydrogens is 304 g/mol. The first-order valence-electron chi connectivity index (χ1n) is 8.06. The lowest BCUT2D eigenvalue weighted by Crippen LogP contribution is -2.28. The maximum Gasteiger partial charge on any atom is 0.271 e. The summed E-state index contributed by atoms with van der Waals surface area (Å²) in [5.74, 6) is 1.72. The number of hydrogen-bond acceptors (Lipinski definition) is 5. The average molecular weight is 328 g/mol. The number of anilines is 1. The largest absolute Gasteiger partial charge is 0.496 e. The van der Waals surface area contributed by atoms with Gasteiger partial charge in [-0.3, -0.25) is 4.79 Å². The highest BCUT2D eigenvalue weighted by atomic mass is 16.5. The zero-order valence-electron chi connectivity index (χ0n) is 14.4. The van der Waals surface area contributed by atoms with Gasteiger partial charge in [-0.2, -0.15) is 0 Å². The number of rotatable bonds is 8. The van der Waals surface area contributed by atoms with E-state index in [2.05, 4.69) is 20.6 Å². The molecule has 2 N–H and O–H groups in total. The average Bonchev–Trinajstić information content (AvgIpc) is 2.60. The number of methoxy groups -OCH3 is 1. The van der Waals surface area contributed by atoms with Gasteiger partial charge >= 0.3 is 0 Å². The molecule has 0 aliphatic rings. The molecule has 2 rings (SSSR count). The molecule has 0 bridgehead atoms. The Hall–Kier alpha value is -2.63. The van der Waals surface area contributed by atoms with E-state index in [1.54, 1.807) is 13.3 Å². The van der Waals surface area contributed by atoms with E-state index in [0.717, 1.165) is 17.7 Å². The summed E-state index contributed by atoms with van der Waals surface area (Å²) in [4.78, 5) is 20.3. The van der Waals surface area contributed by atoms with Crippen molar-refractivity contribution in [3.05, 3.63) is 47.9 Å². The number of hydrogen-bond donors (Lipinski definition) is 2. The van der Waals surface area contributed by atoms with Crippen molar-refractivity contribution in [1.82, 2.24) is 15.3 Å². The monoisotopic (exact) mass is 328 g/mol. The molecule has 6 nitrogen and oxygen atoms in total. The van der Waals surface area contributed by atoms with Crippen LogP contribution >= 0.6 is 0 Å². The lowest BCUT2D eigenvalue weighted by Gasteiger charge is -2.10. The molecule has 1 aromatic heterocycles. The first-order valence-corrected chi connectivity index (χ1v) is 8.06. The third-order valence-electron chi connectivity index (χ3n) is 3.45. The molecule has 0 unspecified atom stereocenters. The van der Waals surface area contributed by atoms with Gasteiger partial charge in [-0.15, -0.1) is 0 Å². The summed E-state index contributed by atoms with van der Waals surface area (Å²) in [6, 6.07) is 7.92. The summed E-state index contributed by atoms with van der Waals surface area (Å²) in [5.41, 5.74) is 1.45. The Labute approximate surface area is 142 Å². The van der Waals surface area contributed by atoms with E-state index in [4.69, 9.17) is 4.74 Å². The fourth-order valence-corrected chi connectivity index (χ4v) is 2.16. The van der Waals surface area contributed by atoms with E-state index >= 15 is 0 Å². The van der Waals surface area contributed by atoms with Crippen LogP contribution in [-0.4, -0.2) is 36.1 Å². The fraction of sp³-hybridized carbons (Fsp3) is 0.389. The van der Waals surface area contributed by atoms with Crippen LogP contribution in [0.5, 0.6) is 5.75 Å². The number of carbonyl (C=O) groups excluding carboxylic acids is 1. The molecule has 1 heterocycles. The van der Waals surface area contributed by atoms with Crippen molar-refractivity contribution < 1.29 is 9.53 Å². The number of nitrogens with zero attached hydrogens (tertiary/aromatic N) is 2. The van der Waals surface area contributed by atoms with Crippen LogP contribution in [0.25, 0.3) is 0 Å². The minimum atomic E-state index is -0.197. The van der Waals surface area contributed by atoms with E-state index < -0.39 is 0 Å². The zero-order chi connectivity index (χ0) is 17.4. The predicted octanol–water partition coefficient (Wildman–Crippen LogP) is 2.53. The normalized spacial score (nSPS) is 10.5. The molecule has 0 atom stereocenters. The van der Waals surface area contributed by atoms with Gasteiger partial charge in [0.15, 0.2) is 0 Å². The van der Waals surface area contributed by atoms with Crippen LogP contribution in [0, 0.1) is 5.92 Å². The van der Waals surface area contributed by atoms with Gasteiger partial charge in [-0.1, -0.05) is 32.0 Å². The number of nitrogens with one attached hydrogen (secondary N) is 2. The number of amides is 1. The van der Waals surface area contributed by atoms with Crippen LogP contribution in [0.1, 0.15) is 29.9 Å². The lowest BCUT2D eigenvalue weighted by molar-refractivity contribution is 0.0943. The molecule has 0 saturated heterocycles. The number of aromatic nitrogens is 2. The molecule has 0 radical (unpaired) electrons. The van der Waals surface area contributed by atoms with Crippen molar-refractivity contribution >= 4 is 11.7 Å². The Kier molecular flexibility index (Phi) is 6.54. The molecule has 1 aromatic carbocycles. The number of ether oxygens (including phenoxy) is 1. The van der Waals surface area contributed by atoms with E-state index in [-0.39, 0.29) is 5.91 Å². The minimum Gasteiger partial charge on any atom is -0.496 e. The van der Waals surface area contributed by atoms with Gasteiger partial charge in [0.05, 0.1) is 19.5 Å². The van der Waals surface area contributed by atoms with E-state index in [0.29, 0.717) is 30.5 Å². The van der Waals surface area contributed by atoms with E-state index in [1.165, 1.54) is 6.20 Å². The SMILES string of the molecule is COc1ccccc1CCNc1cnc(C(=O)NCC(C)C)cn1. The van der Waals surface area contributed by atoms with Gasteiger partial charge < -0.3 is 15.4 Å². The number of para-hydroxylation sites is 1. The summed E-state index contributed by atoms with van der Waals surface area (Å²) in [6.07, 6.45) is 3.87. The predicted molar refractivity (Wildman–Crippen MR) is 94.4 cm³/mol. The van der Waals surface area contributed by atoms with Crippen LogP contribution in [-0.2, 0) is 6.42 Å². The van der Waals surface area contributed by atoms with Crippen molar-refractivity contribution in [2.45, 2.75) is 20.3 Å². The molecule has 0 saturated carbocycles. The summed E-state index contributed by atoms with van der Waals surface area (Å²) in [5, 5.41) is 6.02. The highest BCUT2D eigenvalue weighted by Gasteiger charge is 2.08. The van der Waals surface area contributed by atoms with Gasteiger partial charge in [0.25, 0.3) is 5.91 Å². The smallest absolute Gasteiger partial charge is 0.271 e. The highest BCUT2D eigenvalue weighted by Crippen LogP contribution is 2.17. The Morgan fingerprint density at radius 2 is 2.00 bits per heavy atom. The third-order valence-corrected chi connectivity index (χ3v) is 3.45. The van der Waals surface area contributed by atoms with E-state index in [1.807, 2.05) is 38.1 Å². The van der Waals surface area contributed by atoms with Gasteiger partial charge in [0.1, 0.15) is 17.3 Å². The maximum absolute atomic E-state index is 11.9. The Morgan fingerprint density at radius 3 is 2.67 bits per heavy atom. The van der Waals surface area contributed by atoms with Crippen molar-refractivity contribution in [1.29, 1.82) is 0 Å². The quantitative estimate of drug-likeness (QED) is 0.779. The maximum atomic E-state index is 11.9. The Balaban J connectivity index is 1.84. The zero-order valence-corrected chi connectivity index (χ0v) is 14.4. The van der Waals surface area contributed by atoms with Crippen LogP contribution < -0.4 is 15.4 Å². The first-order chi connectivity index (χ1) is 11.6. The standard InChI is InChI=1S/C18H24N4O2/c1-13(2)10-22-18(23)15-11-21-17(12-20-15)19-9-8-14-6-4-5-7-16(14)24-3/h4-7,11-13H,8-10H2,1-3H3,(H,19,21)(H,22,23). The molecule has 0 fully saturated rings. The van der Waals surface area contributed by atoms with Gasteiger partial charge in [0, 0.05) is 13.1 Å². The van der Waals surface area contributed by atoms with Crippen LogP contribution in [0.15, 0.2) is 36.7 Å². The molecule has 2 aromatic rings. The Morgan fingerprint density at radius 1 is 1.21 bits per heavy atom. The minimum absolute atomic E-state index is 0.197. The number of carbonyl (C=O) groups is 1. The van der Waals surface area contributed by atoms with Crippen LogP contribution in [0.3, 0.4) is 0 Å². The molecule has 128 valence electrons. The molecule has 0 aliphatic heterocycles. The topological polar surface area (TPSA) is 76.1 Å². The highest BCUT2D eigenvalue weighted by molar-refractivity contribution is 5.91. The number of benzene rings is 1. The van der Waals surface area contributed by atoms with Crippen molar-refractivity contribution in [3.8, 4) is 5.75 Å². The van der Waals surface area contributed by atoms with Crippen molar-refractivity contribution in [2.24, 2.45) is 5.92 Å². The van der Waals surface area contributed by atoms with Crippen molar-refractivity contribution in [2.75, 3.05) is 25.5 Å². The molecule has 6 heteroatoms. The third kappa shape index (κ3) is 5.22. The lowest BCUT2D eigenvalue weighted by atomic mass is 10.1. The second kappa shape index (κ2) is 8.86. The molecule has 0 aliphatic carbocycles. The van der Waals surface area contributed by atoms with Gasteiger partial charge in [-0.25, -0.2) is 9.97 Å². The summed E-state index contributed by atoms with van der Waals surface area (Å²) in [6.45, 7) is 5.41. The Bertz CT molecular complexity index is 656.